The number of carbonyl (C=O) groups excluding carboxylic acids is 1. The number of benzene rings is 1. The molecule has 0 unspecified atom stereocenters. The third-order valence-electron chi connectivity index (χ3n) is 3.28. The van der Waals surface area contributed by atoms with Gasteiger partial charge in [-0.25, -0.2) is 0 Å². The lowest BCUT2D eigenvalue weighted by atomic mass is 10.0. The van der Waals surface area contributed by atoms with Crippen LogP contribution < -0.4 is 5.32 Å². The summed E-state index contributed by atoms with van der Waals surface area (Å²) in [5, 5.41) is 11.7. The molecule has 1 amide bonds. The first-order valence-corrected chi connectivity index (χ1v) is 7.18. The Morgan fingerprint density at radius 2 is 1.95 bits per heavy atom. The van der Waals surface area contributed by atoms with Crippen LogP contribution in [0.15, 0.2) is 24.3 Å². The highest BCUT2D eigenvalue weighted by molar-refractivity contribution is 5.77. The Balaban J connectivity index is 2.28. The number of hydrogen-bond acceptors (Lipinski definition) is 3. The largest absolute Gasteiger partial charge is 0.395 e. The van der Waals surface area contributed by atoms with E-state index in [4.69, 9.17) is 5.11 Å². The van der Waals surface area contributed by atoms with E-state index in [9.17, 15) is 4.79 Å². The first kappa shape index (κ1) is 16.7. The summed E-state index contributed by atoms with van der Waals surface area (Å²) in [4.78, 5) is 13.4. The van der Waals surface area contributed by atoms with Crippen molar-refractivity contribution in [1.82, 2.24) is 10.2 Å². The topological polar surface area (TPSA) is 52.6 Å². The Hall–Kier alpha value is -1.39. The minimum Gasteiger partial charge on any atom is -0.395 e. The van der Waals surface area contributed by atoms with E-state index in [1.165, 1.54) is 11.1 Å². The van der Waals surface area contributed by atoms with E-state index in [-0.39, 0.29) is 12.5 Å². The van der Waals surface area contributed by atoms with Crippen LogP contribution >= 0.6 is 0 Å². The van der Waals surface area contributed by atoms with E-state index in [0.29, 0.717) is 25.6 Å². The number of carbonyl (C=O) groups is 1. The Morgan fingerprint density at radius 1 is 1.30 bits per heavy atom. The minimum absolute atomic E-state index is 0.000231. The number of aliphatic hydroxyl groups excluding tert-OH is 1. The predicted molar refractivity (Wildman–Crippen MR) is 81.8 cm³/mol. The first-order chi connectivity index (χ1) is 9.52. The van der Waals surface area contributed by atoms with Gasteiger partial charge in [-0.05, 0) is 30.5 Å². The van der Waals surface area contributed by atoms with Crippen molar-refractivity contribution in [2.45, 2.75) is 26.2 Å². The molecule has 0 heterocycles. The number of likely N-dealkylation sites (N-methyl/N-ethyl adjacent to an activating group) is 1. The van der Waals surface area contributed by atoms with Crippen LogP contribution in [0, 0.1) is 0 Å². The summed E-state index contributed by atoms with van der Waals surface area (Å²) in [5.41, 5.74) is 2.57. The highest BCUT2D eigenvalue weighted by Crippen LogP contribution is 2.14. The van der Waals surface area contributed by atoms with Crippen LogP contribution in [-0.2, 0) is 11.2 Å². The van der Waals surface area contributed by atoms with Crippen LogP contribution in [0.3, 0.4) is 0 Å². The molecule has 0 atom stereocenters. The Bertz CT molecular complexity index is 401. The standard InChI is InChI=1S/C16H26N2O2/c1-13(2)15-6-4-14(5-7-15)8-9-17-16(20)12-18(3)10-11-19/h4-7,13,19H,8-12H2,1-3H3,(H,17,20). The van der Waals surface area contributed by atoms with Gasteiger partial charge in [-0.1, -0.05) is 38.1 Å². The molecular formula is C16H26N2O2. The second kappa shape index (κ2) is 8.72. The summed E-state index contributed by atoms with van der Waals surface area (Å²) in [6.07, 6.45) is 0.841. The number of nitrogens with zero attached hydrogens (tertiary/aromatic N) is 1. The van der Waals surface area contributed by atoms with Crippen LogP contribution in [0.4, 0.5) is 0 Å². The molecule has 0 aliphatic carbocycles. The highest BCUT2D eigenvalue weighted by atomic mass is 16.3. The van der Waals surface area contributed by atoms with Gasteiger partial charge in [-0.15, -0.1) is 0 Å². The Labute approximate surface area is 121 Å². The quantitative estimate of drug-likeness (QED) is 0.755. The first-order valence-electron chi connectivity index (χ1n) is 7.18. The molecule has 1 aromatic carbocycles. The van der Waals surface area contributed by atoms with Crippen molar-refractivity contribution >= 4 is 5.91 Å². The van der Waals surface area contributed by atoms with Gasteiger partial charge in [0.1, 0.15) is 0 Å². The summed E-state index contributed by atoms with van der Waals surface area (Å²) in [7, 11) is 1.82. The maximum atomic E-state index is 11.6. The van der Waals surface area contributed by atoms with E-state index in [0.717, 1.165) is 6.42 Å². The molecule has 2 N–H and O–H groups in total. The molecule has 1 aromatic rings. The van der Waals surface area contributed by atoms with E-state index in [1.54, 1.807) is 4.90 Å². The van der Waals surface area contributed by atoms with E-state index in [1.807, 2.05) is 7.05 Å². The lowest BCUT2D eigenvalue weighted by molar-refractivity contribution is -0.121. The van der Waals surface area contributed by atoms with Crippen LogP contribution in [0.2, 0.25) is 0 Å². The maximum Gasteiger partial charge on any atom is 0.234 e. The molecule has 0 radical (unpaired) electrons. The maximum absolute atomic E-state index is 11.6. The zero-order chi connectivity index (χ0) is 15.0. The average Bonchev–Trinajstić information content (AvgIpc) is 2.39. The molecule has 112 valence electrons. The van der Waals surface area contributed by atoms with Gasteiger partial charge in [0.15, 0.2) is 0 Å². The van der Waals surface area contributed by atoms with Crippen molar-refractivity contribution in [3.8, 4) is 0 Å². The molecule has 4 nitrogen and oxygen atoms in total. The van der Waals surface area contributed by atoms with E-state index < -0.39 is 0 Å². The Kier molecular flexibility index (Phi) is 7.26. The van der Waals surface area contributed by atoms with Crippen molar-refractivity contribution in [1.29, 1.82) is 0 Å². The molecule has 0 aliphatic rings. The summed E-state index contributed by atoms with van der Waals surface area (Å²) in [5.74, 6) is 0.547. The second-order valence-electron chi connectivity index (χ2n) is 5.46. The molecule has 0 fully saturated rings. The van der Waals surface area contributed by atoms with Gasteiger partial charge in [0, 0.05) is 13.1 Å². The summed E-state index contributed by atoms with van der Waals surface area (Å²) < 4.78 is 0. The van der Waals surface area contributed by atoms with E-state index >= 15 is 0 Å². The molecule has 20 heavy (non-hydrogen) atoms. The van der Waals surface area contributed by atoms with Crippen LogP contribution in [0.1, 0.15) is 30.9 Å². The SMILES string of the molecule is CC(C)c1ccc(CCNC(=O)CN(C)CCO)cc1. The highest BCUT2D eigenvalue weighted by Gasteiger charge is 2.05. The normalized spacial score (nSPS) is 11.1. The molecule has 0 aliphatic heterocycles. The second-order valence-corrected chi connectivity index (χ2v) is 5.46. The summed E-state index contributed by atoms with van der Waals surface area (Å²) >= 11 is 0. The zero-order valence-electron chi connectivity index (χ0n) is 12.7. The van der Waals surface area contributed by atoms with Crippen molar-refractivity contribution < 1.29 is 9.90 Å². The smallest absolute Gasteiger partial charge is 0.234 e. The number of amides is 1. The van der Waals surface area contributed by atoms with Gasteiger partial charge in [0.05, 0.1) is 13.2 Å². The molecule has 1 rings (SSSR count). The van der Waals surface area contributed by atoms with E-state index in [2.05, 4.69) is 43.4 Å². The molecule has 4 heteroatoms. The fraction of sp³-hybridized carbons (Fsp3) is 0.562. The molecule has 0 saturated carbocycles. The van der Waals surface area contributed by atoms with Crippen molar-refractivity contribution in [2.24, 2.45) is 0 Å². The summed E-state index contributed by atoms with van der Waals surface area (Å²) in [6.45, 7) is 5.92. The molecular weight excluding hydrogens is 252 g/mol. The number of nitrogens with one attached hydrogen (secondary N) is 1. The average molecular weight is 278 g/mol. The third-order valence-corrected chi connectivity index (χ3v) is 3.28. The number of aliphatic hydroxyl groups is 1. The fourth-order valence-corrected chi connectivity index (χ4v) is 1.97. The van der Waals surface area contributed by atoms with Crippen molar-refractivity contribution in [3.63, 3.8) is 0 Å². The Morgan fingerprint density at radius 3 is 2.50 bits per heavy atom. The van der Waals surface area contributed by atoms with Crippen LogP contribution in [-0.4, -0.2) is 49.2 Å². The predicted octanol–water partition coefficient (Wildman–Crippen LogP) is 1.39. The third kappa shape index (κ3) is 6.17. The molecule has 0 aromatic heterocycles. The van der Waals surface area contributed by atoms with Crippen LogP contribution in [0.25, 0.3) is 0 Å². The monoisotopic (exact) mass is 278 g/mol. The van der Waals surface area contributed by atoms with Crippen molar-refractivity contribution in [3.05, 3.63) is 35.4 Å². The lowest BCUT2D eigenvalue weighted by Crippen LogP contribution is -2.37. The van der Waals surface area contributed by atoms with Gasteiger partial charge in [-0.3, -0.25) is 9.69 Å². The number of rotatable bonds is 8. The summed E-state index contributed by atoms with van der Waals surface area (Å²) in [6, 6.07) is 8.55. The molecule has 0 bridgehead atoms. The fourth-order valence-electron chi connectivity index (χ4n) is 1.97. The van der Waals surface area contributed by atoms with Gasteiger partial charge < -0.3 is 10.4 Å². The van der Waals surface area contributed by atoms with Crippen LogP contribution in [0.5, 0.6) is 0 Å². The van der Waals surface area contributed by atoms with Gasteiger partial charge >= 0.3 is 0 Å². The van der Waals surface area contributed by atoms with Gasteiger partial charge in [0.2, 0.25) is 5.91 Å². The molecule has 0 saturated heterocycles. The zero-order valence-corrected chi connectivity index (χ0v) is 12.7. The lowest BCUT2D eigenvalue weighted by Gasteiger charge is -2.14. The minimum atomic E-state index is -0.000231. The van der Waals surface area contributed by atoms with Gasteiger partial charge in [0.25, 0.3) is 0 Å². The molecule has 0 spiro atoms. The number of hydrogen-bond donors (Lipinski definition) is 2. The van der Waals surface area contributed by atoms with Gasteiger partial charge in [-0.2, -0.15) is 0 Å². The van der Waals surface area contributed by atoms with Crippen molar-refractivity contribution in [2.75, 3.05) is 33.3 Å².